The standard InChI is InChI=1S/C25H27N3O3/c1-19-11-13-20(14-12-19)24(29)27-23(18-22-10-6-17-31-22)25(30)26-15-7-16-28(2)21-8-4-3-5-9-21/h3-6,8-14,17-18H,7,15-16H2,1-2H3,(H,26,30)(H,27,29)/b23-18-. The van der Waals surface area contributed by atoms with Crippen LogP contribution in [0.1, 0.15) is 28.1 Å². The molecule has 0 saturated carbocycles. The smallest absolute Gasteiger partial charge is 0.267 e. The molecule has 0 fully saturated rings. The Morgan fingerprint density at radius 1 is 1.00 bits per heavy atom. The number of nitrogens with one attached hydrogen (secondary N) is 2. The van der Waals surface area contributed by atoms with Gasteiger partial charge in [0.2, 0.25) is 0 Å². The van der Waals surface area contributed by atoms with Gasteiger partial charge in [0.15, 0.2) is 0 Å². The predicted octanol–water partition coefficient (Wildman–Crippen LogP) is 4.00. The molecule has 0 bridgehead atoms. The van der Waals surface area contributed by atoms with Crippen LogP contribution in [0.5, 0.6) is 0 Å². The second kappa shape index (κ2) is 10.8. The van der Waals surface area contributed by atoms with E-state index in [0.29, 0.717) is 17.9 Å². The van der Waals surface area contributed by atoms with Crippen molar-refractivity contribution in [3.8, 4) is 0 Å². The van der Waals surface area contributed by atoms with E-state index in [2.05, 4.69) is 15.5 Å². The average Bonchev–Trinajstić information content (AvgIpc) is 3.30. The molecule has 6 nitrogen and oxygen atoms in total. The van der Waals surface area contributed by atoms with Crippen molar-refractivity contribution in [3.63, 3.8) is 0 Å². The molecule has 1 heterocycles. The minimum Gasteiger partial charge on any atom is -0.465 e. The summed E-state index contributed by atoms with van der Waals surface area (Å²) in [5, 5.41) is 5.58. The highest BCUT2D eigenvalue weighted by Gasteiger charge is 2.15. The molecule has 0 radical (unpaired) electrons. The molecule has 160 valence electrons. The first kappa shape index (κ1) is 21.9. The van der Waals surface area contributed by atoms with E-state index in [1.807, 2.05) is 56.4 Å². The van der Waals surface area contributed by atoms with E-state index in [-0.39, 0.29) is 17.5 Å². The molecule has 0 spiro atoms. The van der Waals surface area contributed by atoms with Crippen LogP contribution in [0.3, 0.4) is 0 Å². The van der Waals surface area contributed by atoms with Crippen molar-refractivity contribution >= 4 is 23.6 Å². The van der Waals surface area contributed by atoms with Crippen molar-refractivity contribution in [2.45, 2.75) is 13.3 Å². The van der Waals surface area contributed by atoms with Crippen molar-refractivity contribution < 1.29 is 14.0 Å². The monoisotopic (exact) mass is 417 g/mol. The molecule has 2 aromatic carbocycles. The average molecular weight is 418 g/mol. The Labute approximate surface area is 182 Å². The Bertz CT molecular complexity index is 1010. The van der Waals surface area contributed by atoms with E-state index in [1.54, 1.807) is 24.3 Å². The lowest BCUT2D eigenvalue weighted by molar-refractivity contribution is -0.117. The Morgan fingerprint density at radius 3 is 2.42 bits per heavy atom. The molecule has 31 heavy (non-hydrogen) atoms. The van der Waals surface area contributed by atoms with E-state index in [1.165, 1.54) is 12.3 Å². The summed E-state index contributed by atoms with van der Waals surface area (Å²) in [6, 6.07) is 20.7. The van der Waals surface area contributed by atoms with Crippen LogP contribution in [0.4, 0.5) is 5.69 Å². The molecule has 6 heteroatoms. The van der Waals surface area contributed by atoms with Gasteiger partial charge in [-0.2, -0.15) is 0 Å². The van der Waals surface area contributed by atoms with Crippen LogP contribution in [-0.4, -0.2) is 32.0 Å². The molecule has 0 saturated heterocycles. The third kappa shape index (κ3) is 6.60. The molecule has 0 aliphatic heterocycles. The summed E-state index contributed by atoms with van der Waals surface area (Å²) < 4.78 is 5.31. The summed E-state index contributed by atoms with van der Waals surface area (Å²) in [6.45, 7) is 3.22. The third-order valence-corrected chi connectivity index (χ3v) is 4.79. The fraction of sp³-hybridized carbons (Fsp3) is 0.200. The molecule has 3 rings (SSSR count). The SMILES string of the molecule is Cc1ccc(C(=O)N/C(=C\c2ccco2)C(=O)NCCCN(C)c2ccccc2)cc1. The van der Waals surface area contributed by atoms with Gasteiger partial charge in [-0.15, -0.1) is 0 Å². The second-order valence-corrected chi connectivity index (χ2v) is 7.26. The van der Waals surface area contributed by atoms with Gasteiger partial charge in [0, 0.05) is 37.5 Å². The first-order valence-corrected chi connectivity index (χ1v) is 10.2. The predicted molar refractivity (Wildman–Crippen MR) is 123 cm³/mol. The zero-order chi connectivity index (χ0) is 22.1. The molecule has 0 aliphatic carbocycles. The van der Waals surface area contributed by atoms with Gasteiger partial charge in [0.1, 0.15) is 11.5 Å². The minimum absolute atomic E-state index is 0.136. The van der Waals surface area contributed by atoms with Crippen LogP contribution in [0, 0.1) is 6.92 Å². The van der Waals surface area contributed by atoms with E-state index >= 15 is 0 Å². The van der Waals surface area contributed by atoms with Gasteiger partial charge in [-0.1, -0.05) is 35.9 Å². The maximum atomic E-state index is 12.8. The summed E-state index contributed by atoms with van der Waals surface area (Å²) in [5.74, 6) is -0.228. The van der Waals surface area contributed by atoms with Crippen molar-refractivity contribution in [3.05, 3.63) is 95.6 Å². The highest BCUT2D eigenvalue weighted by molar-refractivity contribution is 6.05. The molecule has 3 aromatic rings. The number of amides is 2. The number of furan rings is 1. The summed E-state index contributed by atoms with van der Waals surface area (Å²) in [4.78, 5) is 27.5. The van der Waals surface area contributed by atoms with E-state index in [4.69, 9.17) is 4.42 Å². The quantitative estimate of drug-likeness (QED) is 0.408. The van der Waals surface area contributed by atoms with Crippen LogP contribution in [0.15, 0.2) is 83.1 Å². The highest BCUT2D eigenvalue weighted by atomic mass is 16.3. The topological polar surface area (TPSA) is 74.6 Å². The Kier molecular flexibility index (Phi) is 7.65. The minimum atomic E-state index is -0.362. The van der Waals surface area contributed by atoms with Gasteiger partial charge in [-0.05, 0) is 49.7 Å². The molecule has 2 N–H and O–H groups in total. The molecular weight excluding hydrogens is 390 g/mol. The fourth-order valence-electron chi connectivity index (χ4n) is 3.00. The molecule has 0 unspecified atom stereocenters. The van der Waals surface area contributed by atoms with Crippen LogP contribution < -0.4 is 15.5 Å². The molecule has 0 atom stereocenters. The molecule has 1 aromatic heterocycles. The van der Waals surface area contributed by atoms with Gasteiger partial charge < -0.3 is 20.0 Å². The second-order valence-electron chi connectivity index (χ2n) is 7.26. The van der Waals surface area contributed by atoms with Crippen LogP contribution in [0.2, 0.25) is 0 Å². The third-order valence-electron chi connectivity index (χ3n) is 4.79. The summed E-state index contributed by atoms with van der Waals surface area (Å²) in [6.07, 6.45) is 3.80. The Hall–Kier alpha value is -3.80. The first-order chi connectivity index (χ1) is 15.0. The van der Waals surface area contributed by atoms with E-state index in [9.17, 15) is 9.59 Å². The Morgan fingerprint density at radius 2 is 1.74 bits per heavy atom. The van der Waals surface area contributed by atoms with Crippen molar-refractivity contribution in [1.82, 2.24) is 10.6 Å². The van der Waals surface area contributed by atoms with Crippen molar-refractivity contribution in [2.75, 3.05) is 25.0 Å². The number of nitrogens with zero attached hydrogens (tertiary/aromatic N) is 1. The van der Waals surface area contributed by atoms with Crippen LogP contribution >= 0.6 is 0 Å². The number of hydrogen-bond acceptors (Lipinski definition) is 4. The Balaban J connectivity index is 1.59. The maximum absolute atomic E-state index is 12.8. The van der Waals surface area contributed by atoms with Crippen LogP contribution in [-0.2, 0) is 4.79 Å². The van der Waals surface area contributed by atoms with Gasteiger partial charge in [-0.3, -0.25) is 9.59 Å². The van der Waals surface area contributed by atoms with Gasteiger partial charge >= 0.3 is 0 Å². The number of carbonyl (C=O) groups excluding carboxylic acids is 2. The number of para-hydroxylation sites is 1. The fourth-order valence-corrected chi connectivity index (χ4v) is 3.00. The molecule has 0 aliphatic rings. The number of hydrogen-bond donors (Lipinski definition) is 2. The zero-order valence-electron chi connectivity index (χ0n) is 17.8. The van der Waals surface area contributed by atoms with Crippen molar-refractivity contribution in [2.24, 2.45) is 0 Å². The van der Waals surface area contributed by atoms with Gasteiger partial charge in [0.25, 0.3) is 11.8 Å². The number of benzene rings is 2. The number of carbonyl (C=O) groups is 2. The lowest BCUT2D eigenvalue weighted by Gasteiger charge is -2.19. The van der Waals surface area contributed by atoms with Gasteiger partial charge in [0.05, 0.1) is 6.26 Å². The molecule has 2 amide bonds. The first-order valence-electron chi connectivity index (χ1n) is 10.2. The summed E-state index contributed by atoms with van der Waals surface area (Å²) >= 11 is 0. The lowest BCUT2D eigenvalue weighted by atomic mass is 10.1. The maximum Gasteiger partial charge on any atom is 0.267 e. The summed E-state index contributed by atoms with van der Waals surface area (Å²) in [5.41, 5.74) is 2.80. The van der Waals surface area contributed by atoms with E-state index < -0.39 is 0 Å². The largest absolute Gasteiger partial charge is 0.465 e. The van der Waals surface area contributed by atoms with Crippen molar-refractivity contribution in [1.29, 1.82) is 0 Å². The van der Waals surface area contributed by atoms with Crippen LogP contribution in [0.25, 0.3) is 6.08 Å². The highest BCUT2D eigenvalue weighted by Crippen LogP contribution is 2.11. The normalized spacial score (nSPS) is 11.1. The zero-order valence-corrected chi connectivity index (χ0v) is 17.8. The van der Waals surface area contributed by atoms with Gasteiger partial charge in [-0.25, -0.2) is 0 Å². The molecular formula is C25H27N3O3. The number of rotatable bonds is 9. The number of aryl methyl sites for hydroxylation is 1. The summed E-state index contributed by atoms with van der Waals surface area (Å²) in [7, 11) is 2.02. The number of anilines is 1. The van der Waals surface area contributed by atoms with E-state index in [0.717, 1.165) is 24.2 Å². The lowest BCUT2D eigenvalue weighted by Crippen LogP contribution is -2.36.